The van der Waals surface area contributed by atoms with Gasteiger partial charge in [-0.25, -0.2) is 0 Å². The number of hydrogen-bond donors (Lipinski definition) is 1. The summed E-state index contributed by atoms with van der Waals surface area (Å²) in [6.45, 7) is 1.84. The summed E-state index contributed by atoms with van der Waals surface area (Å²) in [4.78, 5) is 0.772. The van der Waals surface area contributed by atoms with Crippen LogP contribution in [0.4, 0.5) is 0 Å². The number of benzene rings is 1. The highest BCUT2D eigenvalue weighted by molar-refractivity contribution is 7.05. The smallest absolute Gasteiger partial charge is 0.119 e. The van der Waals surface area contributed by atoms with Crippen molar-refractivity contribution >= 4 is 11.5 Å². The molecule has 0 aliphatic heterocycles. The molecule has 1 aromatic heterocycles. The van der Waals surface area contributed by atoms with Crippen LogP contribution in [0.5, 0.6) is 5.75 Å². The van der Waals surface area contributed by atoms with Crippen LogP contribution in [-0.2, 0) is 0 Å². The molecule has 2 aromatic rings. The van der Waals surface area contributed by atoms with Gasteiger partial charge in [-0.3, -0.25) is 0 Å². The normalized spacial score (nSPS) is 12.4. The van der Waals surface area contributed by atoms with Crippen molar-refractivity contribution in [3.8, 4) is 5.75 Å². The zero-order valence-corrected chi connectivity index (χ0v) is 9.86. The highest BCUT2D eigenvalue weighted by Crippen LogP contribution is 2.28. The lowest BCUT2D eigenvalue weighted by Crippen LogP contribution is -1.99. The minimum absolute atomic E-state index is 0.685. The van der Waals surface area contributed by atoms with Gasteiger partial charge in [-0.2, -0.15) is 0 Å². The van der Waals surface area contributed by atoms with E-state index in [1.54, 1.807) is 7.11 Å². The fraction of sp³-hybridized carbons (Fsp3) is 0.273. The Morgan fingerprint density at radius 2 is 2.25 bits per heavy atom. The molecule has 1 N–H and O–H groups in total. The van der Waals surface area contributed by atoms with E-state index in [9.17, 15) is 5.11 Å². The van der Waals surface area contributed by atoms with Crippen molar-refractivity contribution in [2.24, 2.45) is 0 Å². The summed E-state index contributed by atoms with van der Waals surface area (Å²) in [5.74, 6) is 0.728. The molecule has 1 atom stereocenters. The largest absolute Gasteiger partial charge is 0.497 e. The maximum atomic E-state index is 10.2. The third-order valence-electron chi connectivity index (χ3n) is 2.34. The Morgan fingerprint density at radius 3 is 2.88 bits per heavy atom. The van der Waals surface area contributed by atoms with E-state index in [0.717, 1.165) is 21.9 Å². The molecule has 0 spiro atoms. The van der Waals surface area contributed by atoms with Crippen LogP contribution in [0.15, 0.2) is 24.3 Å². The van der Waals surface area contributed by atoms with Crippen molar-refractivity contribution < 1.29 is 9.84 Å². The molecule has 0 radical (unpaired) electrons. The van der Waals surface area contributed by atoms with E-state index in [2.05, 4.69) is 9.59 Å². The van der Waals surface area contributed by atoms with E-state index >= 15 is 0 Å². The second kappa shape index (κ2) is 4.59. The Hall–Kier alpha value is -1.46. The van der Waals surface area contributed by atoms with Gasteiger partial charge in [-0.15, -0.1) is 5.10 Å². The van der Waals surface area contributed by atoms with Crippen molar-refractivity contribution in [1.29, 1.82) is 0 Å². The topological polar surface area (TPSA) is 55.2 Å². The molecule has 0 bridgehead atoms. The molecular formula is C11H12N2O2S. The second-order valence-corrected chi connectivity index (χ2v) is 4.19. The summed E-state index contributed by atoms with van der Waals surface area (Å²) in [7, 11) is 1.60. The zero-order chi connectivity index (χ0) is 11.5. The number of methoxy groups -OCH3 is 1. The number of rotatable bonds is 3. The van der Waals surface area contributed by atoms with Crippen LogP contribution in [0.25, 0.3) is 0 Å². The number of aryl methyl sites for hydroxylation is 1. The Labute approximate surface area is 97.7 Å². The van der Waals surface area contributed by atoms with Crippen molar-refractivity contribution in [2.45, 2.75) is 13.0 Å². The maximum Gasteiger partial charge on any atom is 0.119 e. The predicted molar refractivity (Wildman–Crippen MR) is 61.7 cm³/mol. The summed E-state index contributed by atoms with van der Waals surface area (Å²) in [6, 6.07) is 7.35. The summed E-state index contributed by atoms with van der Waals surface area (Å²) < 4.78 is 8.92. The molecule has 0 amide bonds. The van der Waals surface area contributed by atoms with E-state index in [0.29, 0.717) is 0 Å². The van der Waals surface area contributed by atoms with Gasteiger partial charge in [0.2, 0.25) is 0 Å². The van der Waals surface area contributed by atoms with Gasteiger partial charge in [-0.1, -0.05) is 16.6 Å². The fourth-order valence-electron chi connectivity index (χ4n) is 1.45. The van der Waals surface area contributed by atoms with Crippen LogP contribution < -0.4 is 4.74 Å². The molecule has 16 heavy (non-hydrogen) atoms. The van der Waals surface area contributed by atoms with E-state index in [1.807, 2.05) is 31.2 Å². The molecule has 0 saturated heterocycles. The number of aliphatic hydroxyl groups excluding tert-OH is 1. The zero-order valence-electron chi connectivity index (χ0n) is 9.04. The number of aliphatic hydroxyl groups is 1. The molecule has 2 rings (SSSR count). The molecule has 0 saturated carbocycles. The van der Waals surface area contributed by atoms with Crippen LogP contribution in [0.3, 0.4) is 0 Å². The fourth-order valence-corrected chi connectivity index (χ4v) is 2.11. The molecule has 0 aliphatic rings. The first kappa shape index (κ1) is 11.0. The predicted octanol–water partition coefficient (Wildman–Crippen LogP) is 1.94. The summed E-state index contributed by atoms with van der Waals surface area (Å²) in [6.07, 6.45) is -0.685. The van der Waals surface area contributed by atoms with Gasteiger partial charge >= 0.3 is 0 Å². The number of aromatic nitrogens is 2. The summed E-state index contributed by atoms with van der Waals surface area (Å²) >= 11 is 1.21. The lowest BCUT2D eigenvalue weighted by Gasteiger charge is -2.10. The molecule has 0 fully saturated rings. The van der Waals surface area contributed by atoms with Crippen LogP contribution in [0.2, 0.25) is 0 Å². The van der Waals surface area contributed by atoms with Gasteiger partial charge in [0, 0.05) is 0 Å². The van der Waals surface area contributed by atoms with Crippen LogP contribution in [-0.4, -0.2) is 21.8 Å². The van der Waals surface area contributed by atoms with Gasteiger partial charge in [0.05, 0.1) is 17.7 Å². The average Bonchev–Trinajstić information content (AvgIpc) is 2.74. The maximum absolute atomic E-state index is 10.2. The van der Waals surface area contributed by atoms with Crippen LogP contribution >= 0.6 is 11.5 Å². The van der Waals surface area contributed by atoms with Gasteiger partial charge in [-0.05, 0) is 36.2 Å². The number of hydrogen-bond acceptors (Lipinski definition) is 5. The van der Waals surface area contributed by atoms with Crippen molar-refractivity contribution in [1.82, 2.24) is 9.59 Å². The molecule has 1 heterocycles. The van der Waals surface area contributed by atoms with E-state index < -0.39 is 6.10 Å². The van der Waals surface area contributed by atoms with Crippen LogP contribution in [0, 0.1) is 6.92 Å². The summed E-state index contributed by atoms with van der Waals surface area (Å²) in [5.41, 5.74) is 1.55. The number of ether oxygens (including phenoxy) is 1. The van der Waals surface area contributed by atoms with Crippen LogP contribution in [0.1, 0.15) is 22.2 Å². The van der Waals surface area contributed by atoms with E-state index in [-0.39, 0.29) is 0 Å². The molecule has 1 aromatic carbocycles. The molecule has 5 heteroatoms. The van der Waals surface area contributed by atoms with Crippen molar-refractivity contribution in [3.05, 3.63) is 40.4 Å². The highest BCUT2D eigenvalue weighted by atomic mass is 32.1. The molecular weight excluding hydrogens is 224 g/mol. The molecule has 1 unspecified atom stereocenters. The number of nitrogens with zero attached hydrogens (tertiary/aromatic N) is 2. The van der Waals surface area contributed by atoms with E-state index in [1.165, 1.54) is 11.5 Å². The Bertz CT molecular complexity index is 484. The van der Waals surface area contributed by atoms with Crippen molar-refractivity contribution in [3.63, 3.8) is 0 Å². The Morgan fingerprint density at radius 1 is 1.44 bits per heavy atom. The Kier molecular flexibility index (Phi) is 3.17. The standard InChI is InChI=1S/C11H12N2O2S/c1-7-11(16-13-12-7)10(14)8-4-3-5-9(6-8)15-2/h3-6,10,14H,1-2H3. The lowest BCUT2D eigenvalue weighted by molar-refractivity contribution is 0.222. The van der Waals surface area contributed by atoms with Gasteiger partial charge in [0.25, 0.3) is 0 Å². The quantitative estimate of drug-likeness (QED) is 0.884. The molecule has 4 nitrogen and oxygen atoms in total. The first-order chi connectivity index (χ1) is 7.72. The van der Waals surface area contributed by atoms with E-state index in [4.69, 9.17) is 4.74 Å². The Balaban J connectivity index is 2.33. The highest BCUT2D eigenvalue weighted by Gasteiger charge is 2.16. The molecule has 0 aliphatic carbocycles. The molecule has 84 valence electrons. The average molecular weight is 236 g/mol. The van der Waals surface area contributed by atoms with Crippen molar-refractivity contribution in [2.75, 3.05) is 7.11 Å². The minimum Gasteiger partial charge on any atom is -0.497 e. The second-order valence-electron chi connectivity index (χ2n) is 3.40. The SMILES string of the molecule is COc1cccc(C(O)c2snnc2C)c1. The summed E-state index contributed by atoms with van der Waals surface area (Å²) in [5, 5.41) is 14.0. The minimum atomic E-state index is -0.685. The third-order valence-corrected chi connectivity index (χ3v) is 3.22. The first-order valence-corrected chi connectivity index (χ1v) is 5.60. The third kappa shape index (κ3) is 2.05. The first-order valence-electron chi connectivity index (χ1n) is 4.83. The monoisotopic (exact) mass is 236 g/mol. The van der Waals surface area contributed by atoms with Gasteiger partial charge < -0.3 is 9.84 Å². The van der Waals surface area contributed by atoms with Gasteiger partial charge in [0.1, 0.15) is 11.9 Å². The lowest BCUT2D eigenvalue weighted by atomic mass is 10.1. The van der Waals surface area contributed by atoms with Gasteiger partial charge in [0.15, 0.2) is 0 Å².